The van der Waals surface area contributed by atoms with Crippen LogP contribution in [-0.4, -0.2) is 30.3 Å². The molecule has 0 unspecified atom stereocenters. The molecule has 0 saturated carbocycles. The van der Waals surface area contributed by atoms with Crippen molar-refractivity contribution in [2.24, 2.45) is 11.8 Å². The van der Waals surface area contributed by atoms with E-state index >= 15 is 0 Å². The van der Waals surface area contributed by atoms with E-state index in [-0.39, 0.29) is 29.2 Å². The molecule has 1 saturated heterocycles. The normalized spacial score (nSPS) is 21.4. The first-order chi connectivity index (χ1) is 20.3. The zero-order valence-corrected chi connectivity index (χ0v) is 24.3. The van der Waals surface area contributed by atoms with Crippen molar-refractivity contribution < 1.29 is 23.9 Å². The van der Waals surface area contributed by atoms with Gasteiger partial charge < -0.3 is 10.1 Å². The summed E-state index contributed by atoms with van der Waals surface area (Å²) in [6.07, 6.45) is 0. The van der Waals surface area contributed by atoms with Crippen LogP contribution in [0.3, 0.4) is 0 Å². The molecule has 208 valence electrons. The van der Waals surface area contributed by atoms with Gasteiger partial charge in [0.05, 0.1) is 28.1 Å². The number of nitrogens with one attached hydrogen (secondary N) is 1. The minimum Gasteiger partial charge on any atom is -0.452 e. The van der Waals surface area contributed by atoms with Crippen molar-refractivity contribution in [2.45, 2.75) is 11.8 Å². The van der Waals surface area contributed by atoms with E-state index in [4.69, 9.17) is 16.3 Å². The van der Waals surface area contributed by atoms with Gasteiger partial charge in [-0.05, 0) is 74.6 Å². The number of carbonyl (C=O) groups excluding carboxylic acids is 4. The number of halogens is 2. The van der Waals surface area contributed by atoms with Crippen molar-refractivity contribution >= 4 is 62.6 Å². The molecule has 1 aliphatic heterocycles. The third-order valence-corrected chi connectivity index (χ3v) is 9.56. The number of imide groups is 1. The largest absolute Gasteiger partial charge is 0.452 e. The summed E-state index contributed by atoms with van der Waals surface area (Å²) >= 11 is 9.35. The molecule has 3 amide bonds. The molecule has 0 radical (unpaired) electrons. The Morgan fingerprint density at radius 2 is 1.36 bits per heavy atom. The molecule has 4 aliphatic rings. The second kappa shape index (κ2) is 10.2. The van der Waals surface area contributed by atoms with Crippen molar-refractivity contribution in [3.63, 3.8) is 0 Å². The summed E-state index contributed by atoms with van der Waals surface area (Å²) in [5, 5.41) is 3.05. The fourth-order valence-corrected chi connectivity index (χ4v) is 7.12. The lowest BCUT2D eigenvalue weighted by Crippen LogP contribution is -2.41. The zero-order valence-electron chi connectivity index (χ0n) is 21.9. The Bertz CT molecular complexity index is 1710. The molecule has 3 aliphatic carbocycles. The second-order valence-electron chi connectivity index (χ2n) is 10.6. The minimum absolute atomic E-state index is 0.122. The molecular weight excluding hydrogens is 620 g/mol. The van der Waals surface area contributed by atoms with Crippen molar-refractivity contribution in [1.82, 2.24) is 0 Å². The zero-order chi connectivity index (χ0) is 29.1. The van der Waals surface area contributed by atoms with Gasteiger partial charge in [0.15, 0.2) is 6.61 Å². The van der Waals surface area contributed by atoms with Crippen molar-refractivity contribution in [3.05, 3.63) is 128 Å². The van der Waals surface area contributed by atoms with Crippen LogP contribution in [0.2, 0.25) is 5.02 Å². The van der Waals surface area contributed by atoms with Gasteiger partial charge in [-0.1, -0.05) is 66.2 Å². The number of hydrogen-bond donors (Lipinski definition) is 1. The number of anilines is 2. The highest BCUT2D eigenvalue weighted by Crippen LogP contribution is 2.61. The Kier molecular flexibility index (Phi) is 6.48. The summed E-state index contributed by atoms with van der Waals surface area (Å²) in [5.41, 5.74) is 5.24. The van der Waals surface area contributed by atoms with Crippen LogP contribution in [0.4, 0.5) is 11.4 Å². The van der Waals surface area contributed by atoms with E-state index in [9.17, 15) is 19.2 Å². The van der Waals surface area contributed by atoms with Gasteiger partial charge in [-0.3, -0.25) is 14.4 Å². The molecular formula is C33H22BrClN2O5. The van der Waals surface area contributed by atoms with Crippen LogP contribution in [0.25, 0.3) is 0 Å². The fourth-order valence-electron chi connectivity index (χ4n) is 6.69. The summed E-state index contributed by atoms with van der Waals surface area (Å²) in [7, 11) is 0. The lowest BCUT2D eigenvalue weighted by atomic mass is 9.55. The Hall–Kier alpha value is -4.27. The van der Waals surface area contributed by atoms with E-state index in [1.807, 2.05) is 24.3 Å². The van der Waals surface area contributed by atoms with Crippen LogP contribution in [0.15, 0.2) is 95.5 Å². The number of carbonyl (C=O) groups is 4. The fraction of sp³-hybridized carbons (Fsp3) is 0.152. The van der Waals surface area contributed by atoms with Crippen molar-refractivity contribution in [3.8, 4) is 0 Å². The maximum absolute atomic E-state index is 14.0. The molecule has 9 heteroatoms. The molecule has 0 aromatic heterocycles. The molecule has 2 bridgehead atoms. The first-order valence-electron chi connectivity index (χ1n) is 13.4. The van der Waals surface area contributed by atoms with Gasteiger partial charge in [-0.15, -0.1) is 0 Å². The Balaban J connectivity index is 1.12. The predicted molar refractivity (Wildman–Crippen MR) is 161 cm³/mol. The summed E-state index contributed by atoms with van der Waals surface area (Å²) in [5.74, 6) is -3.34. The highest BCUT2D eigenvalue weighted by Gasteiger charge is 2.61. The number of benzene rings is 4. The van der Waals surface area contributed by atoms with Gasteiger partial charge in [0.1, 0.15) is 0 Å². The number of rotatable bonds is 5. The standard InChI is InChI=1S/C33H22BrClN2O5/c34-24-13-12-18(15-25(24)35)36-26(38)16-42-33(41)17-6-5-7-19(14-17)37-31(39)29-27-20-8-1-2-9-21(20)28(30(29)32(37)40)23-11-4-3-10-22(23)27/h1-15,27-30H,16H2,(H,36,38)/t27?,28?,29-,30-/m1/s1. The van der Waals surface area contributed by atoms with Gasteiger partial charge in [0, 0.05) is 22.0 Å². The van der Waals surface area contributed by atoms with Gasteiger partial charge in [0.2, 0.25) is 11.8 Å². The van der Waals surface area contributed by atoms with E-state index in [1.165, 1.54) is 17.0 Å². The predicted octanol–water partition coefficient (Wildman–Crippen LogP) is 6.29. The van der Waals surface area contributed by atoms with E-state index < -0.39 is 30.3 Å². The number of nitrogens with zero attached hydrogens (tertiary/aromatic N) is 1. The summed E-state index contributed by atoms with van der Waals surface area (Å²) in [4.78, 5) is 54.5. The van der Waals surface area contributed by atoms with E-state index in [0.717, 1.165) is 22.3 Å². The summed E-state index contributed by atoms with van der Waals surface area (Å²) in [6, 6.07) is 27.2. The van der Waals surface area contributed by atoms with Gasteiger partial charge >= 0.3 is 5.97 Å². The second-order valence-corrected chi connectivity index (χ2v) is 11.8. The van der Waals surface area contributed by atoms with E-state index in [1.54, 1.807) is 30.3 Å². The molecule has 2 atom stereocenters. The van der Waals surface area contributed by atoms with Crippen LogP contribution in [0.1, 0.15) is 44.4 Å². The van der Waals surface area contributed by atoms with Crippen molar-refractivity contribution in [1.29, 1.82) is 0 Å². The lowest BCUT2D eigenvalue weighted by molar-refractivity contribution is -0.122. The smallest absolute Gasteiger partial charge is 0.338 e. The molecule has 0 spiro atoms. The highest BCUT2D eigenvalue weighted by molar-refractivity contribution is 9.10. The third kappa shape index (κ3) is 4.16. The number of amides is 3. The van der Waals surface area contributed by atoms with Crippen LogP contribution in [-0.2, 0) is 19.1 Å². The van der Waals surface area contributed by atoms with Gasteiger partial charge in [-0.2, -0.15) is 0 Å². The Labute approximate surface area is 254 Å². The summed E-state index contributed by atoms with van der Waals surface area (Å²) in [6.45, 7) is -0.525. The molecule has 1 N–H and O–H groups in total. The molecule has 1 fully saturated rings. The van der Waals surface area contributed by atoms with Gasteiger partial charge in [0.25, 0.3) is 5.91 Å². The van der Waals surface area contributed by atoms with Gasteiger partial charge in [-0.25, -0.2) is 9.69 Å². The maximum Gasteiger partial charge on any atom is 0.338 e. The molecule has 4 aromatic carbocycles. The quantitative estimate of drug-likeness (QED) is 0.204. The first kappa shape index (κ1) is 26.6. The van der Waals surface area contributed by atoms with E-state index in [2.05, 4.69) is 45.5 Å². The van der Waals surface area contributed by atoms with E-state index in [0.29, 0.717) is 20.9 Å². The SMILES string of the molecule is O=C(COC(=O)c1cccc(N2C(=O)[C@@H]3C4c5ccccc5C(c5ccccc54)[C@H]3C2=O)c1)Nc1ccc(Br)c(Cl)c1. The van der Waals surface area contributed by atoms with Crippen LogP contribution < -0.4 is 10.2 Å². The number of hydrogen-bond acceptors (Lipinski definition) is 5. The first-order valence-corrected chi connectivity index (χ1v) is 14.6. The molecule has 42 heavy (non-hydrogen) atoms. The average Bonchev–Trinajstić information content (AvgIpc) is 3.27. The monoisotopic (exact) mass is 640 g/mol. The van der Waals surface area contributed by atoms with Crippen molar-refractivity contribution in [2.75, 3.05) is 16.8 Å². The highest BCUT2D eigenvalue weighted by atomic mass is 79.9. The summed E-state index contributed by atoms with van der Waals surface area (Å²) < 4.78 is 5.91. The number of ether oxygens (including phenoxy) is 1. The average molecular weight is 642 g/mol. The van der Waals surface area contributed by atoms with Crippen LogP contribution in [0, 0.1) is 11.8 Å². The van der Waals surface area contributed by atoms with Crippen LogP contribution >= 0.6 is 27.5 Å². The molecule has 1 heterocycles. The molecule has 7 nitrogen and oxygen atoms in total. The Morgan fingerprint density at radius 1 is 0.786 bits per heavy atom. The Morgan fingerprint density at radius 3 is 1.90 bits per heavy atom. The minimum atomic E-state index is -0.753. The third-order valence-electron chi connectivity index (χ3n) is 8.33. The molecule has 4 aromatic rings. The number of esters is 1. The maximum atomic E-state index is 14.0. The van der Waals surface area contributed by atoms with Crippen LogP contribution in [0.5, 0.6) is 0 Å². The lowest BCUT2D eigenvalue weighted by Gasteiger charge is -2.45. The topological polar surface area (TPSA) is 92.8 Å². The molecule has 8 rings (SSSR count).